The van der Waals surface area contributed by atoms with Crippen LogP contribution in [0.4, 0.5) is 0 Å². The fourth-order valence-electron chi connectivity index (χ4n) is 5.82. The molecule has 1 unspecified atom stereocenters. The smallest absolute Gasteiger partial charge is 0.243 e. The molecule has 0 radical (unpaired) electrons. The number of rotatable bonds is 13. The average Bonchev–Trinajstić information content (AvgIpc) is 3.11. The first-order valence-corrected chi connectivity index (χ1v) is 17.0. The molecule has 0 bridgehead atoms. The SMILES string of the molecule is CCCC(Oc1c(-c2cc(OC)c(OC)c(OC)c2)oc2cc(OC)cc(OC)c2c1=O)N1CCN(S(=O)(=O)c2ccc(C)cc2)CC1. The van der Waals surface area contributed by atoms with Gasteiger partial charge in [-0.25, -0.2) is 8.42 Å². The van der Waals surface area contributed by atoms with Gasteiger partial charge in [0.15, 0.2) is 23.5 Å². The molecule has 0 N–H and O–H groups in total. The molecule has 1 fully saturated rings. The van der Waals surface area contributed by atoms with E-state index in [9.17, 15) is 13.2 Å². The topological polar surface area (TPSA) is 126 Å². The van der Waals surface area contributed by atoms with Gasteiger partial charge in [0.2, 0.25) is 27.0 Å². The molecule has 3 aromatic carbocycles. The molecular weight excluding hydrogens is 640 g/mol. The summed E-state index contributed by atoms with van der Waals surface area (Å²) >= 11 is 0. The summed E-state index contributed by atoms with van der Waals surface area (Å²) in [5.74, 6) is 1.91. The van der Waals surface area contributed by atoms with Gasteiger partial charge in [0.1, 0.15) is 22.5 Å². The van der Waals surface area contributed by atoms with Crippen LogP contribution in [-0.2, 0) is 10.0 Å². The van der Waals surface area contributed by atoms with Crippen LogP contribution in [0.5, 0.6) is 34.5 Å². The lowest BCUT2D eigenvalue weighted by molar-refractivity contribution is -0.00175. The van der Waals surface area contributed by atoms with Crippen molar-refractivity contribution in [2.75, 3.05) is 61.7 Å². The molecule has 258 valence electrons. The number of fused-ring (bicyclic) bond motifs is 1. The van der Waals surface area contributed by atoms with Crippen LogP contribution in [0, 0.1) is 6.92 Å². The minimum atomic E-state index is -3.66. The van der Waals surface area contributed by atoms with Gasteiger partial charge in [-0.2, -0.15) is 4.31 Å². The molecule has 1 atom stereocenters. The molecule has 2 heterocycles. The van der Waals surface area contributed by atoms with Crippen molar-refractivity contribution >= 4 is 21.0 Å². The van der Waals surface area contributed by atoms with Gasteiger partial charge in [-0.3, -0.25) is 9.69 Å². The van der Waals surface area contributed by atoms with E-state index in [1.54, 1.807) is 48.5 Å². The van der Waals surface area contributed by atoms with Gasteiger partial charge in [-0.15, -0.1) is 0 Å². The molecule has 1 aliphatic heterocycles. The van der Waals surface area contributed by atoms with Crippen molar-refractivity contribution in [3.63, 3.8) is 0 Å². The van der Waals surface area contributed by atoms with E-state index in [1.165, 1.54) is 39.9 Å². The third-order valence-electron chi connectivity index (χ3n) is 8.40. The molecule has 12 nitrogen and oxygen atoms in total. The Hall–Kier alpha value is -4.46. The molecule has 1 saturated heterocycles. The van der Waals surface area contributed by atoms with Crippen molar-refractivity contribution in [3.8, 4) is 45.8 Å². The summed E-state index contributed by atoms with van der Waals surface area (Å²) in [6, 6.07) is 13.4. The van der Waals surface area contributed by atoms with E-state index in [-0.39, 0.29) is 46.2 Å². The number of benzene rings is 3. The maximum Gasteiger partial charge on any atom is 0.243 e. The maximum atomic E-state index is 14.4. The van der Waals surface area contributed by atoms with Crippen LogP contribution in [0.2, 0.25) is 0 Å². The first-order chi connectivity index (χ1) is 23.1. The summed E-state index contributed by atoms with van der Waals surface area (Å²) in [6.45, 7) is 5.26. The van der Waals surface area contributed by atoms with Crippen LogP contribution in [0.3, 0.4) is 0 Å². The summed E-state index contributed by atoms with van der Waals surface area (Å²) in [5, 5.41) is 0.189. The number of hydrogen-bond acceptors (Lipinski definition) is 11. The Balaban J connectivity index is 1.58. The molecule has 48 heavy (non-hydrogen) atoms. The zero-order chi connectivity index (χ0) is 34.6. The van der Waals surface area contributed by atoms with Crippen LogP contribution in [0.15, 0.2) is 62.6 Å². The lowest BCUT2D eigenvalue weighted by Crippen LogP contribution is -2.53. The van der Waals surface area contributed by atoms with E-state index in [0.717, 1.165) is 12.0 Å². The quantitative estimate of drug-likeness (QED) is 0.182. The molecule has 4 aromatic rings. The third-order valence-corrected chi connectivity index (χ3v) is 10.3. The Morgan fingerprint density at radius 2 is 1.42 bits per heavy atom. The second-order valence-electron chi connectivity index (χ2n) is 11.3. The number of aryl methyl sites for hydroxylation is 1. The highest BCUT2D eigenvalue weighted by atomic mass is 32.2. The second kappa shape index (κ2) is 14.8. The molecule has 1 aromatic heterocycles. The Labute approximate surface area is 280 Å². The minimum absolute atomic E-state index is 0.0339. The first-order valence-electron chi connectivity index (χ1n) is 15.6. The predicted octanol–water partition coefficient (Wildman–Crippen LogP) is 5.32. The van der Waals surface area contributed by atoms with E-state index in [2.05, 4.69) is 4.90 Å². The summed E-state index contributed by atoms with van der Waals surface area (Å²) in [5.41, 5.74) is 1.22. The molecule has 13 heteroatoms. The van der Waals surface area contributed by atoms with E-state index in [4.69, 9.17) is 32.8 Å². The van der Waals surface area contributed by atoms with Gasteiger partial charge in [0.25, 0.3) is 0 Å². The second-order valence-corrected chi connectivity index (χ2v) is 13.3. The fraction of sp³-hybridized carbons (Fsp3) is 0.400. The zero-order valence-electron chi connectivity index (χ0n) is 28.3. The van der Waals surface area contributed by atoms with Crippen LogP contribution in [0.1, 0.15) is 25.3 Å². The van der Waals surface area contributed by atoms with Gasteiger partial charge < -0.3 is 32.8 Å². The number of piperazine rings is 1. The Morgan fingerprint density at radius 1 is 0.792 bits per heavy atom. The highest BCUT2D eigenvalue weighted by molar-refractivity contribution is 7.89. The van der Waals surface area contributed by atoms with Gasteiger partial charge in [-0.05, 0) is 37.6 Å². The van der Waals surface area contributed by atoms with Crippen LogP contribution < -0.4 is 33.8 Å². The molecule has 1 aliphatic rings. The number of ether oxygens (including phenoxy) is 6. The molecule has 0 aliphatic carbocycles. The molecular formula is C35H42N2O10S. The summed E-state index contributed by atoms with van der Waals surface area (Å²) in [4.78, 5) is 16.7. The number of sulfonamides is 1. The molecule has 0 amide bonds. The minimum Gasteiger partial charge on any atom is -0.496 e. The number of hydrogen-bond donors (Lipinski definition) is 0. The van der Waals surface area contributed by atoms with E-state index < -0.39 is 21.7 Å². The Bertz CT molecular complexity index is 1890. The third kappa shape index (κ3) is 6.75. The summed E-state index contributed by atoms with van der Waals surface area (Å²) in [6.07, 6.45) is 0.742. The van der Waals surface area contributed by atoms with Crippen LogP contribution in [0.25, 0.3) is 22.3 Å². The Morgan fingerprint density at radius 3 is 1.96 bits per heavy atom. The molecule has 0 saturated carbocycles. The molecule has 0 spiro atoms. The summed E-state index contributed by atoms with van der Waals surface area (Å²) < 4.78 is 69.1. The van der Waals surface area contributed by atoms with Gasteiger partial charge in [-0.1, -0.05) is 31.0 Å². The monoisotopic (exact) mass is 682 g/mol. The van der Waals surface area contributed by atoms with Gasteiger partial charge in [0, 0.05) is 43.9 Å². The van der Waals surface area contributed by atoms with Crippen molar-refractivity contribution in [1.29, 1.82) is 0 Å². The summed E-state index contributed by atoms with van der Waals surface area (Å²) in [7, 11) is 3.82. The van der Waals surface area contributed by atoms with Gasteiger partial charge in [0.05, 0.1) is 40.4 Å². The van der Waals surface area contributed by atoms with Crippen molar-refractivity contribution in [1.82, 2.24) is 9.21 Å². The largest absolute Gasteiger partial charge is 0.496 e. The van der Waals surface area contributed by atoms with E-state index in [0.29, 0.717) is 48.1 Å². The van der Waals surface area contributed by atoms with Gasteiger partial charge >= 0.3 is 0 Å². The van der Waals surface area contributed by atoms with Crippen molar-refractivity contribution in [2.45, 2.75) is 37.8 Å². The zero-order valence-corrected chi connectivity index (χ0v) is 29.1. The fourth-order valence-corrected chi connectivity index (χ4v) is 7.24. The lowest BCUT2D eigenvalue weighted by atomic mass is 10.1. The van der Waals surface area contributed by atoms with Crippen molar-refractivity contribution in [3.05, 3.63) is 64.3 Å². The van der Waals surface area contributed by atoms with E-state index in [1.807, 2.05) is 13.8 Å². The highest BCUT2D eigenvalue weighted by Gasteiger charge is 2.33. The molecule has 5 rings (SSSR count). The van der Waals surface area contributed by atoms with Crippen LogP contribution >= 0.6 is 0 Å². The van der Waals surface area contributed by atoms with Crippen LogP contribution in [-0.4, -0.2) is 85.6 Å². The number of methoxy groups -OCH3 is 5. The number of nitrogens with zero attached hydrogens (tertiary/aromatic N) is 2. The Kier molecular flexibility index (Phi) is 10.7. The average molecular weight is 683 g/mol. The van der Waals surface area contributed by atoms with Crippen molar-refractivity contribution in [2.24, 2.45) is 0 Å². The normalized spacial score (nSPS) is 14.8. The first kappa shape index (κ1) is 34.9. The highest BCUT2D eigenvalue weighted by Crippen LogP contribution is 2.44. The lowest BCUT2D eigenvalue weighted by Gasteiger charge is -2.38. The van der Waals surface area contributed by atoms with E-state index >= 15 is 0 Å². The maximum absolute atomic E-state index is 14.4. The predicted molar refractivity (Wildman–Crippen MR) is 182 cm³/mol. The van der Waals surface area contributed by atoms with Crippen molar-refractivity contribution < 1.29 is 41.3 Å². The standard InChI is InChI=1S/C35H42N2O10S/c1-8-9-30(36-14-16-37(17-15-36)48(39,40)25-12-10-22(2)11-13-25)47-35-32(38)31-26(42-4)20-24(41-3)21-27(31)46-33(35)23-18-28(43-5)34(45-7)29(19-23)44-6/h10-13,18-21,30H,8-9,14-17H2,1-7H3.